The molecule has 0 saturated carbocycles. The van der Waals surface area contributed by atoms with Crippen LogP contribution in [0.3, 0.4) is 0 Å². The minimum absolute atomic E-state index is 0.0811. The van der Waals surface area contributed by atoms with Crippen molar-refractivity contribution < 1.29 is 14.3 Å². The van der Waals surface area contributed by atoms with E-state index in [1.807, 2.05) is 42.0 Å². The number of methoxy groups -OCH3 is 1. The predicted octanol–water partition coefficient (Wildman–Crippen LogP) is 2.58. The summed E-state index contributed by atoms with van der Waals surface area (Å²) in [5.74, 6) is 1.51. The summed E-state index contributed by atoms with van der Waals surface area (Å²) >= 11 is 0. The van der Waals surface area contributed by atoms with Gasteiger partial charge in [-0.15, -0.1) is 0 Å². The van der Waals surface area contributed by atoms with Crippen LogP contribution in [0.1, 0.15) is 12.2 Å². The number of aromatic nitrogens is 3. The number of benzene rings is 1. The van der Waals surface area contributed by atoms with E-state index in [1.54, 1.807) is 36.5 Å². The van der Waals surface area contributed by atoms with E-state index in [4.69, 9.17) is 4.74 Å². The molecule has 0 unspecified atom stereocenters. The number of rotatable bonds is 5. The molecule has 29 heavy (non-hydrogen) atoms. The number of imidazole rings is 1. The normalized spacial score (nSPS) is 16.1. The first-order chi connectivity index (χ1) is 14.0. The molecule has 8 nitrogen and oxygen atoms in total. The summed E-state index contributed by atoms with van der Waals surface area (Å²) in [7, 11) is 1.58. The van der Waals surface area contributed by atoms with Gasteiger partial charge in [0.1, 0.15) is 17.4 Å². The second kappa shape index (κ2) is 7.75. The molecule has 0 bridgehead atoms. The van der Waals surface area contributed by atoms with Crippen molar-refractivity contribution in [1.82, 2.24) is 14.5 Å². The first-order valence-electron chi connectivity index (χ1n) is 9.27. The third kappa shape index (κ3) is 3.82. The Balaban J connectivity index is 1.42. The highest BCUT2D eigenvalue weighted by atomic mass is 16.5. The van der Waals surface area contributed by atoms with Gasteiger partial charge in [0.05, 0.1) is 24.9 Å². The van der Waals surface area contributed by atoms with Crippen LogP contribution in [0.15, 0.2) is 55.0 Å². The van der Waals surface area contributed by atoms with Gasteiger partial charge in [-0.1, -0.05) is 6.07 Å². The average Bonchev–Trinajstić information content (AvgIpc) is 3.34. The Kier molecular flexibility index (Phi) is 4.99. The summed E-state index contributed by atoms with van der Waals surface area (Å²) in [4.78, 5) is 35.3. The molecule has 3 aromatic rings. The number of carbonyl (C=O) groups is 2. The summed E-state index contributed by atoms with van der Waals surface area (Å²) in [6.07, 6.45) is 5.30. The van der Waals surface area contributed by atoms with Crippen molar-refractivity contribution in [3.8, 4) is 11.6 Å². The zero-order chi connectivity index (χ0) is 20.4. The monoisotopic (exact) mass is 391 g/mol. The van der Waals surface area contributed by atoms with Crippen molar-refractivity contribution in [3.63, 3.8) is 0 Å². The molecule has 0 spiro atoms. The summed E-state index contributed by atoms with van der Waals surface area (Å²) in [6.45, 7) is 2.22. The van der Waals surface area contributed by atoms with Crippen molar-refractivity contribution in [2.24, 2.45) is 5.92 Å². The van der Waals surface area contributed by atoms with Crippen LogP contribution in [-0.4, -0.2) is 40.0 Å². The molecule has 0 aliphatic carbocycles. The number of anilines is 2. The smallest absolute Gasteiger partial charge is 0.229 e. The van der Waals surface area contributed by atoms with Crippen LogP contribution < -0.4 is 15.0 Å². The molecular weight excluding hydrogens is 370 g/mol. The second-order valence-electron chi connectivity index (χ2n) is 6.85. The molecule has 1 saturated heterocycles. The van der Waals surface area contributed by atoms with E-state index in [9.17, 15) is 9.59 Å². The van der Waals surface area contributed by atoms with Gasteiger partial charge in [0.2, 0.25) is 11.8 Å². The van der Waals surface area contributed by atoms with Gasteiger partial charge in [0.25, 0.3) is 0 Å². The number of hydrogen-bond acceptors (Lipinski definition) is 5. The molecule has 0 radical (unpaired) electrons. The van der Waals surface area contributed by atoms with Gasteiger partial charge < -0.3 is 15.0 Å². The Labute approximate surface area is 168 Å². The first-order valence-corrected chi connectivity index (χ1v) is 9.27. The average molecular weight is 391 g/mol. The molecule has 4 rings (SSSR count). The third-order valence-electron chi connectivity index (χ3n) is 4.95. The topological polar surface area (TPSA) is 89.3 Å². The van der Waals surface area contributed by atoms with Crippen LogP contribution in [0.2, 0.25) is 0 Å². The number of carbonyl (C=O) groups excluding carboxylic acids is 2. The number of nitrogens with zero attached hydrogens (tertiary/aromatic N) is 4. The highest BCUT2D eigenvalue weighted by Crippen LogP contribution is 2.28. The zero-order valence-corrected chi connectivity index (χ0v) is 16.2. The van der Waals surface area contributed by atoms with Crippen LogP contribution in [0.5, 0.6) is 5.75 Å². The van der Waals surface area contributed by atoms with Gasteiger partial charge >= 0.3 is 0 Å². The van der Waals surface area contributed by atoms with E-state index in [-0.39, 0.29) is 18.2 Å². The fourth-order valence-corrected chi connectivity index (χ4v) is 3.38. The Hall–Kier alpha value is -3.68. The second-order valence-corrected chi connectivity index (χ2v) is 6.85. The Morgan fingerprint density at radius 3 is 2.79 bits per heavy atom. The van der Waals surface area contributed by atoms with E-state index in [0.29, 0.717) is 18.0 Å². The van der Waals surface area contributed by atoms with Crippen molar-refractivity contribution in [2.75, 3.05) is 23.9 Å². The number of ether oxygens (including phenoxy) is 1. The van der Waals surface area contributed by atoms with Crippen molar-refractivity contribution in [3.05, 3.63) is 60.8 Å². The van der Waals surface area contributed by atoms with Crippen molar-refractivity contribution in [1.29, 1.82) is 0 Å². The van der Waals surface area contributed by atoms with Gasteiger partial charge in [0.15, 0.2) is 0 Å². The standard InChI is InChI=1S/C21H21N5O3/c1-14-22-8-9-25(14)19-7-6-16(12-23-19)24-21(28)15-10-20(27)26(13-15)17-4-3-5-18(11-17)29-2/h3-9,11-12,15H,10,13H2,1-2H3,(H,24,28)/t15-/m0/s1. The van der Waals surface area contributed by atoms with Crippen LogP contribution in [0.4, 0.5) is 11.4 Å². The molecule has 1 fully saturated rings. The Bertz CT molecular complexity index is 1040. The van der Waals surface area contributed by atoms with E-state index >= 15 is 0 Å². The predicted molar refractivity (Wildman–Crippen MR) is 108 cm³/mol. The number of nitrogens with one attached hydrogen (secondary N) is 1. The van der Waals surface area contributed by atoms with Crippen molar-refractivity contribution >= 4 is 23.2 Å². The number of amides is 2. The minimum atomic E-state index is -0.427. The highest BCUT2D eigenvalue weighted by Gasteiger charge is 2.35. The van der Waals surface area contributed by atoms with Gasteiger partial charge in [-0.3, -0.25) is 14.2 Å². The fourth-order valence-electron chi connectivity index (χ4n) is 3.38. The zero-order valence-electron chi connectivity index (χ0n) is 16.2. The summed E-state index contributed by atoms with van der Waals surface area (Å²) in [6, 6.07) is 10.9. The lowest BCUT2D eigenvalue weighted by molar-refractivity contribution is -0.122. The molecule has 1 N–H and O–H groups in total. The van der Waals surface area contributed by atoms with E-state index < -0.39 is 5.92 Å². The third-order valence-corrected chi connectivity index (χ3v) is 4.95. The lowest BCUT2D eigenvalue weighted by atomic mass is 10.1. The molecule has 3 heterocycles. The SMILES string of the molecule is COc1cccc(N2C[C@@H](C(=O)Nc3ccc(-n4ccnc4C)nc3)CC2=O)c1. The van der Waals surface area contributed by atoms with E-state index in [2.05, 4.69) is 15.3 Å². The van der Waals surface area contributed by atoms with Crippen LogP contribution in [-0.2, 0) is 9.59 Å². The van der Waals surface area contributed by atoms with Crippen molar-refractivity contribution in [2.45, 2.75) is 13.3 Å². The molecule has 2 amide bonds. The largest absolute Gasteiger partial charge is 0.497 e. The molecule has 148 valence electrons. The minimum Gasteiger partial charge on any atom is -0.497 e. The molecule has 1 aliphatic heterocycles. The molecular formula is C21H21N5O3. The quantitative estimate of drug-likeness (QED) is 0.722. The molecule has 2 aromatic heterocycles. The lowest BCUT2D eigenvalue weighted by Crippen LogP contribution is -2.28. The summed E-state index contributed by atoms with van der Waals surface area (Å²) in [5, 5.41) is 2.86. The molecule has 8 heteroatoms. The van der Waals surface area contributed by atoms with Crippen LogP contribution in [0, 0.1) is 12.8 Å². The van der Waals surface area contributed by atoms with Gasteiger partial charge in [0, 0.05) is 37.1 Å². The van der Waals surface area contributed by atoms with Crippen LogP contribution >= 0.6 is 0 Å². The van der Waals surface area contributed by atoms with Crippen LogP contribution in [0.25, 0.3) is 5.82 Å². The summed E-state index contributed by atoms with van der Waals surface area (Å²) in [5.41, 5.74) is 1.31. The van der Waals surface area contributed by atoms with Gasteiger partial charge in [-0.25, -0.2) is 9.97 Å². The Morgan fingerprint density at radius 1 is 1.24 bits per heavy atom. The molecule has 1 atom stereocenters. The first kappa shape index (κ1) is 18.7. The number of hydrogen-bond donors (Lipinski definition) is 1. The fraction of sp³-hybridized carbons (Fsp3) is 0.238. The highest BCUT2D eigenvalue weighted by molar-refractivity contribution is 6.03. The van der Waals surface area contributed by atoms with Gasteiger partial charge in [-0.2, -0.15) is 0 Å². The maximum absolute atomic E-state index is 12.7. The van der Waals surface area contributed by atoms with E-state index in [0.717, 1.165) is 17.3 Å². The van der Waals surface area contributed by atoms with E-state index in [1.165, 1.54) is 0 Å². The maximum atomic E-state index is 12.7. The lowest BCUT2D eigenvalue weighted by Gasteiger charge is -2.17. The number of pyridine rings is 1. The Morgan fingerprint density at radius 2 is 2.10 bits per heavy atom. The maximum Gasteiger partial charge on any atom is 0.229 e. The number of aryl methyl sites for hydroxylation is 1. The summed E-state index contributed by atoms with van der Waals surface area (Å²) < 4.78 is 7.07. The molecule has 1 aliphatic rings. The van der Waals surface area contributed by atoms with Gasteiger partial charge in [-0.05, 0) is 31.2 Å². The molecule has 1 aromatic carbocycles.